The van der Waals surface area contributed by atoms with Gasteiger partial charge in [0, 0.05) is 0 Å². The van der Waals surface area contributed by atoms with Crippen molar-refractivity contribution in [3.63, 3.8) is 0 Å². The van der Waals surface area contributed by atoms with Crippen LogP contribution in [0.1, 0.15) is 0 Å². The first-order valence-corrected chi connectivity index (χ1v) is 18.6. The Kier molecular flexibility index (Phi) is 9.07. The van der Waals surface area contributed by atoms with Crippen molar-refractivity contribution in [2.75, 3.05) is 0 Å². The van der Waals surface area contributed by atoms with Gasteiger partial charge in [-0.25, -0.2) is 0 Å². The van der Waals surface area contributed by atoms with E-state index in [4.69, 9.17) is 0 Å². The van der Waals surface area contributed by atoms with Crippen LogP contribution in [-0.4, -0.2) is 0 Å². The zero-order chi connectivity index (χ0) is 36.1. The molecule has 0 heterocycles. The molecule has 0 fully saturated rings. The van der Waals surface area contributed by atoms with Crippen LogP contribution in [0.3, 0.4) is 0 Å². The van der Waals surface area contributed by atoms with Gasteiger partial charge in [0.2, 0.25) is 0 Å². The molecule has 11 rings (SSSR count). The maximum Gasteiger partial charge on any atom is -0.00990 e. The second-order valence-electron chi connectivity index (χ2n) is 13.5. The van der Waals surface area contributed by atoms with Crippen LogP contribution in [0, 0.1) is 83.5 Å². The van der Waals surface area contributed by atoms with Gasteiger partial charge in [-0.1, -0.05) is 231 Å². The van der Waals surface area contributed by atoms with Gasteiger partial charge in [0.25, 0.3) is 0 Å². The van der Waals surface area contributed by atoms with Crippen LogP contribution in [0.2, 0.25) is 0 Å². The average molecular weight is 687 g/mol. The fourth-order valence-corrected chi connectivity index (χ4v) is 8.01. The summed E-state index contributed by atoms with van der Waals surface area (Å²) in [5.74, 6) is 0. The zero-order valence-electron chi connectivity index (χ0n) is 29.9. The zero-order valence-corrected chi connectivity index (χ0v) is 29.9. The topological polar surface area (TPSA) is 0 Å². The molecule has 0 unspecified atom stereocenters. The molecule has 0 N–H and O–H groups in total. The summed E-state index contributed by atoms with van der Waals surface area (Å²) in [6.07, 6.45) is 0. The van der Waals surface area contributed by atoms with E-state index < -0.39 is 0 Å². The van der Waals surface area contributed by atoms with E-state index in [2.05, 4.69) is 194 Å². The molecule has 0 aliphatic heterocycles. The Morgan fingerprint density at radius 2 is 0.167 bits per heavy atom. The lowest BCUT2D eigenvalue weighted by Crippen LogP contribution is -1.88. The molecule has 2 aliphatic rings. The van der Waals surface area contributed by atoms with Gasteiger partial charge in [-0.3, -0.25) is 0 Å². The van der Waals surface area contributed by atoms with Crippen LogP contribution in [0.15, 0.2) is 231 Å². The summed E-state index contributed by atoms with van der Waals surface area (Å²) in [5.41, 5.74) is 0. The molecule has 0 aromatic heterocycles. The summed E-state index contributed by atoms with van der Waals surface area (Å²) in [4.78, 5) is 0. The molecule has 0 atom stereocenters. The summed E-state index contributed by atoms with van der Waals surface area (Å²) in [5, 5.41) is 20.8. The van der Waals surface area contributed by atoms with Crippen LogP contribution in [-0.2, 0) is 0 Å². The highest BCUT2D eigenvalue weighted by Gasteiger charge is 2.01. The van der Waals surface area contributed by atoms with Gasteiger partial charge in [0.15, 0.2) is 0 Å². The van der Waals surface area contributed by atoms with Crippen LogP contribution in [0.5, 0.6) is 0 Å². The first-order chi connectivity index (χ1) is 26.9. The number of hydrogen-bond acceptors (Lipinski definition) is 0. The minimum absolute atomic E-state index is 1.30. The fraction of sp³-hybridized carbons (Fsp3) is 0. The molecule has 54 heavy (non-hydrogen) atoms. The number of hydrogen-bond donors (Lipinski definition) is 0. The van der Waals surface area contributed by atoms with Gasteiger partial charge in [-0.2, -0.15) is 0 Å². The van der Waals surface area contributed by atoms with Crippen molar-refractivity contribution in [3.05, 3.63) is 314 Å². The van der Waals surface area contributed by atoms with E-state index in [1.54, 1.807) is 0 Å². The summed E-state index contributed by atoms with van der Waals surface area (Å²) in [6.45, 7) is 0. The molecule has 9 aromatic rings. The van der Waals surface area contributed by atoms with E-state index in [1.165, 1.54) is 83.5 Å². The molecule has 0 saturated heterocycles. The minimum atomic E-state index is 1.30. The Balaban J connectivity index is 0.000000123. The van der Waals surface area contributed by atoms with Crippen LogP contribution >= 0.6 is 0 Å². The normalized spacial score (nSPS) is 11.0. The maximum atomic E-state index is 2.24. The lowest BCUT2D eigenvalue weighted by molar-refractivity contribution is 1.29. The highest BCUT2D eigenvalue weighted by atomic mass is 14.0. The molecule has 0 spiro atoms. The van der Waals surface area contributed by atoms with Crippen molar-refractivity contribution >= 4 is 0 Å². The molecule has 0 heteroatoms. The van der Waals surface area contributed by atoms with Crippen molar-refractivity contribution in [3.8, 4) is 0 Å². The molecule has 2 aliphatic carbocycles. The summed E-state index contributed by atoms with van der Waals surface area (Å²) >= 11 is 0. The first kappa shape index (κ1) is 32.9. The van der Waals surface area contributed by atoms with Gasteiger partial charge >= 0.3 is 0 Å². The van der Waals surface area contributed by atoms with E-state index in [9.17, 15) is 0 Å². The van der Waals surface area contributed by atoms with E-state index in [-0.39, 0.29) is 0 Å². The smallest absolute Gasteiger partial charge is 0.00990 e. The molecular weight excluding hydrogens is 649 g/mol. The maximum absolute atomic E-state index is 2.24. The standard InChI is InChI=1S/2C24H16.C6H6/c2*1-2-10-18-17(9-1)19-11-3-4-13-21(19)23-15-7-8-16-24(23)22-14-6-5-12-20(18)22;1-2-4-6-5-3-1/h2*1-16H;1-6H. The molecule has 0 radical (unpaired) electrons. The van der Waals surface area contributed by atoms with E-state index in [0.29, 0.717) is 0 Å². The molecule has 0 bridgehead atoms. The number of fused-ring (bicyclic) bond motifs is 8. The third-order valence-electron chi connectivity index (χ3n) is 10.4. The first-order valence-electron chi connectivity index (χ1n) is 18.6. The van der Waals surface area contributed by atoms with Gasteiger partial charge in [-0.05, 0) is 83.5 Å². The fourth-order valence-electron chi connectivity index (χ4n) is 8.01. The quantitative estimate of drug-likeness (QED) is 0.149. The Labute approximate surface area is 312 Å². The second-order valence-corrected chi connectivity index (χ2v) is 13.5. The number of benzene rings is 9. The van der Waals surface area contributed by atoms with Gasteiger partial charge < -0.3 is 0 Å². The average Bonchev–Trinajstić information content (AvgIpc) is 3.26. The lowest BCUT2D eigenvalue weighted by Gasteiger charge is -2.02. The molecule has 0 nitrogen and oxygen atoms in total. The van der Waals surface area contributed by atoms with E-state index in [1.807, 2.05) is 36.4 Å². The molecule has 0 amide bonds. The Morgan fingerprint density at radius 3 is 0.241 bits per heavy atom. The molecule has 9 aromatic carbocycles. The highest BCUT2D eigenvalue weighted by Crippen LogP contribution is 2.14. The predicted molar refractivity (Wildman–Crippen MR) is 219 cm³/mol. The highest BCUT2D eigenvalue weighted by molar-refractivity contribution is 5.31. The Bertz CT molecular complexity index is 2600. The number of rotatable bonds is 0. The minimum Gasteiger partial charge on any atom is -0.0623 e. The van der Waals surface area contributed by atoms with Gasteiger partial charge in [0.1, 0.15) is 0 Å². The van der Waals surface area contributed by atoms with E-state index >= 15 is 0 Å². The van der Waals surface area contributed by atoms with Crippen molar-refractivity contribution in [2.45, 2.75) is 0 Å². The summed E-state index contributed by atoms with van der Waals surface area (Å²) < 4.78 is 0. The van der Waals surface area contributed by atoms with Crippen LogP contribution < -0.4 is 0 Å². The SMILES string of the molecule is c1ccc2c(c1)=c1ccccc1=c1ccccc1=c1ccccc1=2.c1ccc2c(c1)=c1ccccc1=c1ccccc1=c1ccccc1=2.c1ccccc1. The third-order valence-corrected chi connectivity index (χ3v) is 10.4. The molecule has 0 saturated carbocycles. The lowest BCUT2D eigenvalue weighted by atomic mass is 10.0. The summed E-state index contributed by atoms with van der Waals surface area (Å²) in [6, 6.07) is 81.9. The Morgan fingerprint density at radius 1 is 0.0926 bits per heavy atom. The summed E-state index contributed by atoms with van der Waals surface area (Å²) in [7, 11) is 0. The monoisotopic (exact) mass is 686 g/mol. The predicted octanol–water partition coefficient (Wildman–Crippen LogP) is 12.0. The van der Waals surface area contributed by atoms with Crippen LogP contribution in [0.25, 0.3) is 0 Å². The largest absolute Gasteiger partial charge is 0.0623 e. The second kappa shape index (κ2) is 14.9. The Hall–Kier alpha value is -7.02. The molecule has 254 valence electrons. The van der Waals surface area contributed by atoms with E-state index in [0.717, 1.165) is 0 Å². The third kappa shape index (κ3) is 6.15. The van der Waals surface area contributed by atoms with Gasteiger partial charge in [-0.15, -0.1) is 0 Å². The van der Waals surface area contributed by atoms with Crippen LogP contribution in [0.4, 0.5) is 0 Å². The van der Waals surface area contributed by atoms with Crippen molar-refractivity contribution in [1.82, 2.24) is 0 Å². The van der Waals surface area contributed by atoms with Gasteiger partial charge in [0.05, 0.1) is 0 Å². The van der Waals surface area contributed by atoms with Crippen molar-refractivity contribution < 1.29 is 0 Å². The van der Waals surface area contributed by atoms with Crippen molar-refractivity contribution in [2.24, 2.45) is 0 Å². The van der Waals surface area contributed by atoms with Crippen molar-refractivity contribution in [1.29, 1.82) is 0 Å². The molecular formula is C54H38.